The molecule has 0 atom stereocenters. The van der Waals surface area contributed by atoms with Crippen molar-refractivity contribution < 1.29 is 14.3 Å². The number of benzene rings is 3. The van der Waals surface area contributed by atoms with E-state index in [0.29, 0.717) is 11.5 Å². The van der Waals surface area contributed by atoms with Crippen molar-refractivity contribution in [2.24, 2.45) is 5.73 Å². The molecule has 0 fully saturated rings. The number of halogens is 1. The monoisotopic (exact) mass is 421 g/mol. The zero-order chi connectivity index (χ0) is 22.5. The van der Waals surface area contributed by atoms with Crippen molar-refractivity contribution in [1.82, 2.24) is 10.2 Å². The van der Waals surface area contributed by atoms with Gasteiger partial charge < -0.3 is 16.6 Å². The van der Waals surface area contributed by atoms with Crippen LogP contribution in [0.1, 0.15) is 12.5 Å². The van der Waals surface area contributed by atoms with Crippen LogP contribution in [0.25, 0.3) is 22.0 Å². The number of fused-ring (bicyclic) bond motifs is 1. The van der Waals surface area contributed by atoms with Gasteiger partial charge in [-0.3, -0.25) is 10.00 Å². The molecule has 31 heavy (non-hydrogen) atoms. The van der Waals surface area contributed by atoms with Crippen LogP contribution < -0.4 is 16.4 Å². The summed E-state index contributed by atoms with van der Waals surface area (Å²) in [7, 11) is 0. The minimum Gasteiger partial charge on any atom is -0.397 e. The largest absolute Gasteiger partial charge is 0.397 e. The molecule has 0 saturated heterocycles. The van der Waals surface area contributed by atoms with Crippen LogP contribution in [0.2, 0.25) is 0 Å². The second-order valence-electron chi connectivity index (χ2n) is 6.83. The number of aliphatic hydroxyl groups is 1. The maximum Gasteiger partial charge on any atom is 0.323 e. The molecule has 0 aliphatic rings. The number of rotatable bonds is 3. The fourth-order valence-electron chi connectivity index (χ4n) is 3.31. The summed E-state index contributed by atoms with van der Waals surface area (Å²) in [5, 5.41) is 15.3. The molecule has 4 aromatic rings. The van der Waals surface area contributed by atoms with Gasteiger partial charge in [-0.15, -0.1) is 0 Å². The van der Waals surface area contributed by atoms with Crippen molar-refractivity contribution in [2.75, 3.05) is 17.2 Å². The van der Waals surface area contributed by atoms with Crippen LogP contribution in [0.4, 0.5) is 26.4 Å². The molecule has 1 heterocycles. The molecule has 0 spiro atoms. The van der Waals surface area contributed by atoms with Crippen molar-refractivity contribution in [3.63, 3.8) is 0 Å². The Bertz CT molecular complexity index is 1200. The van der Waals surface area contributed by atoms with Gasteiger partial charge in [0.05, 0.1) is 22.3 Å². The fraction of sp³-hybridized carbons (Fsp3) is 0.130. The highest BCUT2D eigenvalue weighted by atomic mass is 19.1. The lowest BCUT2D eigenvalue weighted by Gasteiger charge is -2.22. The van der Waals surface area contributed by atoms with Gasteiger partial charge in [-0.2, -0.15) is 5.10 Å². The number of nitrogens with one attached hydrogen (secondary N) is 1. The Labute approximate surface area is 179 Å². The van der Waals surface area contributed by atoms with E-state index in [1.807, 2.05) is 37.3 Å². The Kier molecular flexibility index (Phi) is 6.52. The molecule has 3 aromatic carbocycles. The summed E-state index contributed by atoms with van der Waals surface area (Å²) < 4.78 is 14.3. The van der Waals surface area contributed by atoms with Crippen molar-refractivity contribution >= 4 is 34.1 Å². The molecule has 0 bridgehead atoms. The summed E-state index contributed by atoms with van der Waals surface area (Å²) in [5.41, 5.74) is 15.5. The predicted octanol–water partition coefficient (Wildman–Crippen LogP) is 4.48. The second-order valence-corrected chi connectivity index (χ2v) is 6.83. The van der Waals surface area contributed by atoms with Gasteiger partial charge >= 0.3 is 6.03 Å². The number of anilines is 3. The van der Waals surface area contributed by atoms with Crippen LogP contribution in [0.3, 0.4) is 0 Å². The summed E-state index contributed by atoms with van der Waals surface area (Å²) in [6, 6.07) is 16.6. The Morgan fingerprint density at radius 1 is 1.16 bits per heavy atom. The molecule has 4 rings (SSSR count). The molecule has 8 heteroatoms. The number of hydrogen-bond acceptors (Lipinski definition) is 4. The third-order valence-electron chi connectivity index (χ3n) is 4.62. The number of nitrogens with two attached hydrogens (primary N) is 2. The van der Waals surface area contributed by atoms with Crippen molar-refractivity contribution in [1.29, 1.82) is 0 Å². The number of primary amides is 1. The number of aromatic amines is 1. The van der Waals surface area contributed by atoms with E-state index < -0.39 is 11.8 Å². The first kappa shape index (κ1) is 21.8. The quantitative estimate of drug-likeness (QED) is 0.390. The SMILES string of the molecule is CCO.Cc1ccc(F)c(N(C(N)=O)c2ccc(-c3cccc4[nH]nc(N)c34)cc2)c1. The number of carbonyl (C=O) groups excluding carboxylic acids is 1. The van der Waals surface area contributed by atoms with Gasteiger partial charge in [0.2, 0.25) is 0 Å². The van der Waals surface area contributed by atoms with E-state index in [-0.39, 0.29) is 12.3 Å². The summed E-state index contributed by atoms with van der Waals surface area (Å²) in [6.07, 6.45) is 0. The van der Waals surface area contributed by atoms with Gasteiger partial charge in [-0.1, -0.05) is 30.3 Å². The van der Waals surface area contributed by atoms with E-state index in [9.17, 15) is 9.18 Å². The normalized spacial score (nSPS) is 10.5. The zero-order valence-electron chi connectivity index (χ0n) is 17.3. The molecule has 0 unspecified atom stereocenters. The van der Waals surface area contributed by atoms with Gasteiger partial charge in [0.15, 0.2) is 5.82 Å². The van der Waals surface area contributed by atoms with Crippen LogP contribution in [0.5, 0.6) is 0 Å². The van der Waals surface area contributed by atoms with E-state index in [4.69, 9.17) is 16.6 Å². The first-order chi connectivity index (χ1) is 14.9. The number of nitrogen functional groups attached to an aromatic ring is 1. The number of H-pyrrole nitrogens is 1. The van der Waals surface area contributed by atoms with Crippen LogP contribution in [0, 0.1) is 12.7 Å². The molecular formula is C23H24FN5O2. The smallest absolute Gasteiger partial charge is 0.323 e. The number of nitrogens with zero attached hydrogens (tertiary/aromatic N) is 2. The molecule has 2 amide bonds. The number of aromatic nitrogens is 2. The third kappa shape index (κ3) is 4.49. The Balaban J connectivity index is 0.000000858. The predicted molar refractivity (Wildman–Crippen MR) is 122 cm³/mol. The number of carbonyl (C=O) groups is 1. The lowest BCUT2D eigenvalue weighted by atomic mass is 10.0. The van der Waals surface area contributed by atoms with E-state index in [2.05, 4.69) is 10.2 Å². The molecule has 0 aliphatic carbocycles. The van der Waals surface area contributed by atoms with Gasteiger partial charge in [0.1, 0.15) is 5.82 Å². The highest BCUT2D eigenvalue weighted by molar-refractivity contribution is 6.02. The highest BCUT2D eigenvalue weighted by Gasteiger charge is 2.19. The maximum atomic E-state index is 14.3. The summed E-state index contributed by atoms with van der Waals surface area (Å²) in [4.78, 5) is 13.2. The molecule has 6 N–H and O–H groups in total. The van der Waals surface area contributed by atoms with Crippen molar-refractivity contribution in [2.45, 2.75) is 13.8 Å². The van der Waals surface area contributed by atoms with Crippen molar-refractivity contribution in [3.05, 3.63) is 72.0 Å². The molecule has 0 saturated carbocycles. The maximum absolute atomic E-state index is 14.3. The third-order valence-corrected chi connectivity index (χ3v) is 4.62. The lowest BCUT2D eigenvalue weighted by molar-refractivity contribution is 0.256. The molecule has 1 aromatic heterocycles. The van der Waals surface area contributed by atoms with Gasteiger partial charge in [-0.05, 0) is 60.9 Å². The molecular weight excluding hydrogens is 397 g/mol. The summed E-state index contributed by atoms with van der Waals surface area (Å²) >= 11 is 0. The molecule has 0 radical (unpaired) electrons. The zero-order valence-corrected chi connectivity index (χ0v) is 17.3. The van der Waals surface area contributed by atoms with E-state index in [1.165, 1.54) is 6.07 Å². The average Bonchev–Trinajstić information content (AvgIpc) is 3.13. The highest BCUT2D eigenvalue weighted by Crippen LogP contribution is 2.34. The minimum absolute atomic E-state index is 0.112. The van der Waals surface area contributed by atoms with Crippen LogP contribution in [-0.2, 0) is 0 Å². The summed E-state index contributed by atoms with van der Waals surface area (Å²) in [5.74, 6) is -0.111. The average molecular weight is 421 g/mol. The van der Waals surface area contributed by atoms with Gasteiger partial charge in [-0.25, -0.2) is 9.18 Å². The van der Waals surface area contributed by atoms with E-state index in [0.717, 1.165) is 32.5 Å². The Morgan fingerprint density at radius 2 is 1.84 bits per heavy atom. The van der Waals surface area contributed by atoms with Gasteiger partial charge in [0.25, 0.3) is 0 Å². The van der Waals surface area contributed by atoms with Crippen LogP contribution >= 0.6 is 0 Å². The topological polar surface area (TPSA) is 121 Å². The number of urea groups is 1. The van der Waals surface area contributed by atoms with Gasteiger partial charge in [0, 0.05) is 6.61 Å². The number of amides is 2. The van der Waals surface area contributed by atoms with E-state index >= 15 is 0 Å². The van der Waals surface area contributed by atoms with Crippen molar-refractivity contribution in [3.8, 4) is 11.1 Å². The number of aliphatic hydroxyl groups excluding tert-OH is 1. The fourth-order valence-corrected chi connectivity index (χ4v) is 3.31. The Morgan fingerprint density at radius 3 is 2.48 bits per heavy atom. The number of hydrogen-bond donors (Lipinski definition) is 4. The van der Waals surface area contributed by atoms with E-state index in [1.54, 1.807) is 31.2 Å². The molecule has 160 valence electrons. The first-order valence-electron chi connectivity index (χ1n) is 9.67. The first-order valence-corrected chi connectivity index (χ1v) is 9.67. The number of aryl methyl sites for hydroxylation is 1. The standard InChI is InChI=1S/C21H18FN5O.C2H6O/c1-12-5-10-16(22)18(11-12)27(21(24)28)14-8-6-13(7-9-14)15-3-2-4-17-19(15)20(23)26-25-17;1-2-3/h2-11H,1H3,(H2,24,28)(H3,23,25,26);3H,2H2,1H3. The Hall–Kier alpha value is -3.91. The van der Waals surface area contributed by atoms with Crippen LogP contribution in [-0.4, -0.2) is 27.9 Å². The minimum atomic E-state index is -0.765. The van der Waals surface area contributed by atoms with Crippen LogP contribution in [0.15, 0.2) is 60.7 Å². The molecule has 7 nitrogen and oxygen atoms in total. The summed E-state index contributed by atoms with van der Waals surface area (Å²) in [6.45, 7) is 3.75. The second kappa shape index (κ2) is 9.27. The molecule has 0 aliphatic heterocycles. The lowest BCUT2D eigenvalue weighted by Crippen LogP contribution is -2.32.